The number of carboxylic acids is 2. The van der Waals surface area contributed by atoms with Crippen LogP contribution in [0.15, 0.2) is 0 Å². The average Bonchev–Trinajstić information content (AvgIpc) is 2.33. The van der Waals surface area contributed by atoms with Crippen molar-refractivity contribution < 1.29 is 65.8 Å². The Hall–Kier alpha value is -0.917. The van der Waals surface area contributed by atoms with Crippen LogP contribution in [0.2, 0.25) is 0 Å². The molecule has 8 nitrogen and oxygen atoms in total. The van der Waals surface area contributed by atoms with E-state index < -0.39 is 24.8 Å². The number of aliphatic carboxylic acids is 2. The fraction of sp³-hybridized carbons (Fsp3) is 0.800. The van der Waals surface area contributed by atoms with Crippen LogP contribution in [-0.2, 0) is 45.4 Å². The zero-order valence-corrected chi connectivity index (χ0v) is 21.5. The van der Waals surface area contributed by atoms with Crippen molar-refractivity contribution in [2.24, 2.45) is 10.8 Å². The first-order valence-corrected chi connectivity index (χ1v) is 9.10. The Labute approximate surface area is 194 Å². The van der Waals surface area contributed by atoms with E-state index in [4.69, 9.17) is 10.2 Å². The number of carbonyl (C=O) groups excluding carboxylic acids is 4. The van der Waals surface area contributed by atoms with E-state index in [9.17, 15) is 29.4 Å². The predicted molar refractivity (Wildman–Crippen MR) is 103 cm³/mol. The average molecular weight is 498 g/mol. The molecule has 0 aliphatic heterocycles. The van der Waals surface area contributed by atoms with Gasteiger partial charge < -0.3 is 30.0 Å². The standard InChI is InChI=1S/2C8H14O3.2C2H6O.Zr/c2*1-8(2,3)5-6(9)4-7(10)11;2*1-2-3;/h2*4-5H2,1-3H3,(H,10,11);2*3H,2H2,1H3;/q;;;;+2/p-2. The zero-order chi connectivity index (χ0) is 23.6. The van der Waals surface area contributed by atoms with Crippen LogP contribution in [-0.4, -0.2) is 46.9 Å². The minimum atomic E-state index is -1.29. The van der Waals surface area contributed by atoms with E-state index in [0.29, 0.717) is 12.8 Å². The molecular formula is C20H38O8Zr. The van der Waals surface area contributed by atoms with Crippen LogP contribution in [0.5, 0.6) is 0 Å². The predicted octanol–water partition coefficient (Wildman–Crippen LogP) is 0.258. The summed E-state index contributed by atoms with van der Waals surface area (Å²) >= 11 is 0. The van der Waals surface area contributed by atoms with Gasteiger partial charge in [-0.2, -0.15) is 0 Å². The Bertz CT molecular complexity index is 406. The minimum absolute atomic E-state index is 0. The molecule has 0 unspecified atom stereocenters. The van der Waals surface area contributed by atoms with Crippen molar-refractivity contribution in [2.75, 3.05) is 13.2 Å². The maximum absolute atomic E-state index is 10.8. The van der Waals surface area contributed by atoms with Crippen LogP contribution in [0.1, 0.15) is 81.1 Å². The smallest absolute Gasteiger partial charge is 0.550 e. The third-order valence-corrected chi connectivity index (χ3v) is 2.14. The third kappa shape index (κ3) is 58.4. The van der Waals surface area contributed by atoms with E-state index >= 15 is 0 Å². The SMILES string of the molecule is CC(C)(C)CC(=O)CC(=O)[O-].CC(C)(C)CC(=O)CC(=O)[O-].CCO.CCO.[Zr+2]. The first-order valence-electron chi connectivity index (χ1n) is 9.10. The summed E-state index contributed by atoms with van der Waals surface area (Å²) in [5.74, 6) is -3.12. The maximum Gasteiger partial charge on any atom is 2.00 e. The summed E-state index contributed by atoms with van der Waals surface area (Å²) in [4.78, 5) is 41.6. The summed E-state index contributed by atoms with van der Waals surface area (Å²) in [6.07, 6.45) is -0.337. The topological polar surface area (TPSA) is 155 Å². The van der Waals surface area contributed by atoms with Gasteiger partial charge in [0.1, 0.15) is 11.6 Å². The van der Waals surface area contributed by atoms with E-state index in [1.54, 1.807) is 13.8 Å². The summed E-state index contributed by atoms with van der Waals surface area (Å²) in [5.41, 5.74) is -0.265. The minimum Gasteiger partial charge on any atom is -0.550 e. The second kappa shape index (κ2) is 21.8. The van der Waals surface area contributed by atoms with E-state index in [1.807, 2.05) is 41.5 Å². The van der Waals surface area contributed by atoms with Gasteiger partial charge in [-0.05, 0) is 24.7 Å². The number of hydrogen-bond donors (Lipinski definition) is 2. The van der Waals surface area contributed by atoms with Gasteiger partial charge in [-0.1, -0.05) is 41.5 Å². The normalized spacial score (nSPS) is 9.72. The number of carbonyl (C=O) groups is 4. The molecule has 0 aliphatic carbocycles. The molecule has 0 saturated carbocycles. The van der Waals surface area contributed by atoms with Gasteiger partial charge in [0.25, 0.3) is 0 Å². The summed E-state index contributed by atoms with van der Waals surface area (Å²) in [6, 6.07) is 0. The Morgan fingerprint density at radius 1 is 0.655 bits per heavy atom. The van der Waals surface area contributed by atoms with Crippen molar-refractivity contribution >= 4 is 23.5 Å². The monoisotopic (exact) mass is 496 g/mol. The largest absolute Gasteiger partial charge is 2.00 e. The van der Waals surface area contributed by atoms with Crippen molar-refractivity contribution in [2.45, 2.75) is 81.1 Å². The molecule has 0 atom stereocenters. The fourth-order valence-electron chi connectivity index (χ4n) is 1.63. The van der Waals surface area contributed by atoms with Crippen molar-refractivity contribution in [3.8, 4) is 0 Å². The number of carboxylic acid groups (broad SMARTS) is 2. The van der Waals surface area contributed by atoms with Gasteiger partial charge in [-0.25, -0.2) is 0 Å². The van der Waals surface area contributed by atoms with E-state index in [-0.39, 0.29) is 61.8 Å². The summed E-state index contributed by atoms with van der Waals surface area (Å²) < 4.78 is 0. The second-order valence-electron chi connectivity index (χ2n) is 8.28. The molecule has 0 radical (unpaired) electrons. The number of Topliss-reactive ketones (excluding diaryl/α,β-unsaturated/α-hetero) is 2. The van der Waals surface area contributed by atoms with E-state index in [0.717, 1.165) is 0 Å². The molecule has 0 heterocycles. The van der Waals surface area contributed by atoms with Gasteiger partial charge in [-0.15, -0.1) is 0 Å². The first-order chi connectivity index (χ1) is 12.4. The number of rotatable bonds is 6. The molecule has 170 valence electrons. The van der Waals surface area contributed by atoms with Gasteiger partial charge in [0.15, 0.2) is 0 Å². The van der Waals surface area contributed by atoms with Gasteiger partial charge in [0.05, 0.1) is 0 Å². The van der Waals surface area contributed by atoms with Crippen LogP contribution in [0.3, 0.4) is 0 Å². The molecule has 29 heavy (non-hydrogen) atoms. The number of ketones is 2. The quantitative estimate of drug-likeness (QED) is 0.495. The molecule has 0 aromatic rings. The Morgan fingerprint density at radius 2 is 0.828 bits per heavy atom. The Kier molecular flexibility index (Phi) is 29.0. The van der Waals surface area contributed by atoms with Crippen LogP contribution >= 0.6 is 0 Å². The molecule has 0 aromatic heterocycles. The van der Waals surface area contributed by atoms with Gasteiger partial charge >= 0.3 is 26.2 Å². The molecule has 2 N–H and O–H groups in total. The van der Waals surface area contributed by atoms with Crippen molar-refractivity contribution in [1.82, 2.24) is 0 Å². The van der Waals surface area contributed by atoms with Crippen LogP contribution in [0.4, 0.5) is 0 Å². The van der Waals surface area contributed by atoms with Crippen LogP contribution in [0, 0.1) is 10.8 Å². The summed E-state index contributed by atoms with van der Waals surface area (Å²) in [6.45, 7) is 15.2. The van der Waals surface area contributed by atoms with Crippen LogP contribution < -0.4 is 10.2 Å². The third-order valence-electron chi connectivity index (χ3n) is 2.14. The first kappa shape index (κ1) is 38.7. The van der Waals surface area contributed by atoms with E-state index in [2.05, 4.69) is 0 Å². The van der Waals surface area contributed by atoms with Crippen molar-refractivity contribution in [3.63, 3.8) is 0 Å². The molecule has 0 bridgehead atoms. The zero-order valence-electron chi connectivity index (χ0n) is 19.1. The summed E-state index contributed by atoms with van der Waals surface area (Å²) in [7, 11) is 0. The number of hydrogen-bond acceptors (Lipinski definition) is 8. The molecule has 0 fully saturated rings. The second-order valence-corrected chi connectivity index (χ2v) is 8.28. The molecule has 9 heteroatoms. The maximum atomic E-state index is 10.8. The molecule has 0 saturated heterocycles. The van der Waals surface area contributed by atoms with Crippen molar-refractivity contribution in [3.05, 3.63) is 0 Å². The molecular weight excluding hydrogens is 459 g/mol. The van der Waals surface area contributed by atoms with Gasteiger partial charge in [0, 0.05) is 50.8 Å². The molecule has 0 amide bonds. The molecule has 0 aromatic carbocycles. The Balaban J connectivity index is -0.000000101. The van der Waals surface area contributed by atoms with Crippen molar-refractivity contribution in [1.29, 1.82) is 0 Å². The van der Waals surface area contributed by atoms with Gasteiger partial charge in [-0.3, -0.25) is 9.59 Å². The fourth-order valence-corrected chi connectivity index (χ4v) is 1.63. The van der Waals surface area contributed by atoms with Gasteiger partial charge in [0.2, 0.25) is 0 Å². The number of aliphatic hydroxyl groups excluding tert-OH is 2. The molecule has 0 rings (SSSR count). The van der Waals surface area contributed by atoms with Crippen LogP contribution in [0.25, 0.3) is 0 Å². The summed E-state index contributed by atoms with van der Waals surface area (Å²) in [5, 5.41) is 35.1. The molecule has 0 spiro atoms. The van der Waals surface area contributed by atoms with E-state index in [1.165, 1.54) is 0 Å². The Morgan fingerprint density at radius 3 is 0.931 bits per heavy atom. The number of aliphatic hydroxyl groups is 2. The molecule has 0 aliphatic rings.